The number of carbonyl (C=O) groups is 1. The van der Waals surface area contributed by atoms with Gasteiger partial charge in [0.1, 0.15) is 10.5 Å². The Kier molecular flexibility index (Phi) is 5.44. The van der Waals surface area contributed by atoms with E-state index in [1.54, 1.807) is 11.6 Å². The molecule has 2 saturated heterocycles. The Morgan fingerprint density at radius 3 is 2.61 bits per heavy atom. The largest absolute Gasteiger partial charge is 0.465 e. The Labute approximate surface area is 190 Å². The zero-order chi connectivity index (χ0) is 23.3. The number of ether oxygens (including phenoxy) is 1. The molecule has 0 saturated carbocycles. The number of amides is 1. The average Bonchev–Trinajstić information content (AvgIpc) is 3.41. The minimum atomic E-state index is -4.60. The van der Waals surface area contributed by atoms with Crippen molar-refractivity contribution in [3.05, 3.63) is 29.3 Å². The third-order valence-electron chi connectivity index (χ3n) is 6.21. The number of nitrogens with zero attached hydrogens (tertiary/aromatic N) is 4. The molecule has 0 spiro atoms. The summed E-state index contributed by atoms with van der Waals surface area (Å²) in [5.41, 5.74) is 0.929. The van der Waals surface area contributed by atoms with Crippen LogP contribution in [0.4, 0.5) is 24.0 Å². The van der Waals surface area contributed by atoms with Gasteiger partial charge in [-0.2, -0.15) is 18.2 Å². The molecule has 2 bridgehead atoms. The number of aromatic nitrogens is 2. The number of piperidine rings is 1. The van der Waals surface area contributed by atoms with E-state index in [4.69, 9.17) is 9.15 Å². The van der Waals surface area contributed by atoms with E-state index in [2.05, 4.69) is 9.97 Å². The monoisotopic (exact) mass is 482 g/mol. The van der Waals surface area contributed by atoms with E-state index in [0.29, 0.717) is 29.2 Å². The second kappa shape index (κ2) is 8.17. The Balaban J connectivity index is 1.57. The van der Waals surface area contributed by atoms with Gasteiger partial charge in [0.15, 0.2) is 11.7 Å². The van der Waals surface area contributed by atoms with Crippen LogP contribution in [0.5, 0.6) is 0 Å². The molecule has 176 valence electrons. The van der Waals surface area contributed by atoms with E-state index in [9.17, 15) is 23.1 Å². The minimum absolute atomic E-state index is 0.0879. The SMILES string of the molecule is COC(c1cc(-c2nccs2)c2oc(N3CC4CCCC(C3)N4C(=O)O)nc2c1)C(F)(F)F. The van der Waals surface area contributed by atoms with E-state index in [0.717, 1.165) is 26.4 Å². The lowest BCUT2D eigenvalue weighted by Crippen LogP contribution is -2.62. The molecule has 2 aliphatic rings. The summed E-state index contributed by atoms with van der Waals surface area (Å²) >= 11 is 1.28. The Bertz CT molecular complexity index is 1150. The van der Waals surface area contributed by atoms with Crippen molar-refractivity contribution in [2.45, 2.75) is 43.6 Å². The number of halogens is 3. The summed E-state index contributed by atoms with van der Waals surface area (Å²) in [7, 11) is 1.01. The van der Waals surface area contributed by atoms with Crippen LogP contribution in [0.15, 0.2) is 28.1 Å². The van der Waals surface area contributed by atoms with E-state index in [1.807, 2.05) is 4.90 Å². The fraction of sp³-hybridized carbons (Fsp3) is 0.476. The first kappa shape index (κ1) is 22.0. The van der Waals surface area contributed by atoms with E-state index in [1.165, 1.54) is 28.4 Å². The Morgan fingerprint density at radius 1 is 1.30 bits per heavy atom. The van der Waals surface area contributed by atoms with Gasteiger partial charge in [0.05, 0.1) is 17.6 Å². The highest BCUT2D eigenvalue weighted by atomic mass is 32.1. The summed E-state index contributed by atoms with van der Waals surface area (Å²) in [6.07, 6.45) is -3.63. The van der Waals surface area contributed by atoms with Crippen molar-refractivity contribution in [1.82, 2.24) is 14.9 Å². The standard InChI is InChI=1S/C21H21F3N4O4S/c1-31-17(21(22,23)24)11-7-14(18-25-5-6-33-18)16-15(8-11)26-19(32-16)27-9-12-3-2-4-13(10-27)28(12)20(29)30/h5-8,12-13,17H,2-4,9-10H2,1H3,(H,29,30). The molecule has 2 aliphatic heterocycles. The fourth-order valence-electron chi connectivity index (χ4n) is 4.88. The van der Waals surface area contributed by atoms with Crippen molar-refractivity contribution in [2.24, 2.45) is 0 Å². The lowest BCUT2D eigenvalue weighted by molar-refractivity contribution is -0.215. The number of fused-ring (bicyclic) bond motifs is 3. The molecule has 1 N–H and O–H groups in total. The van der Waals surface area contributed by atoms with Crippen LogP contribution in [0.3, 0.4) is 0 Å². The van der Waals surface area contributed by atoms with E-state index >= 15 is 0 Å². The molecule has 0 radical (unpaired) electrons. The second-order valence-corrected chi connectivity index (χ2v) is 9.14. The molecule has 5 rings (SSSR count). The molecule has 33 heavy (non-hydrogen) atoms. The number of oxazole rings is 1. The third-order valence-corrected chi connectivity index (χ3v) is 7.02. The number of carboxylic acid groups (broad SMARTS) is 1. The predicted molar refractivity (Wildman–Crippen MR) is 114 cm³/mol. The topological polar surface area (TPSA) is 91.9 Å². The lowest BCUT2D eigenvalue weighted by Gasteiger charge is -2.48. The highest BCUT2D eigenvalue weighted by Crippen LogP contribution is 2.41. The summed E-state index contributed by atoms with van der Waals surface area (Å²) in [6, 6.07) is 2.62. The number of alkyl halides is 3. The number of thiazole rings is 1. The van der Waals surface area contributed by atoms with Gasteiger partial charge in [-0.05, 0) is 37.0 Å². The molecule has 8 nitrogen and oxygen atoms in total. The molecule has 2 aromatic heterocycles. The van der Waals surface area contributed by atoms with Crippen molar-refractivity contribution in [3.63, 3.8) is 0 Å². The molecule has 3 unspecified atom stereocenters. The minimum Gasteiger partial charge on any atom is -0.465 e. The first-order chi connectivity index (χ1) is 15.8. The zero-order valence-electron chi connectivity index (χ0n) is 17.6. The maximum atomic E-state index is 13.6. The van der Waals surface area contributed by atoms with Crippen LogP contribution >= 0.6 is 11.3 Å². The Hall–Kier alpha value is -2.86. The van der Waals surface area contributed by atoms with Gasteiger partial charge in [0, 0.05) is 31.8 Å². The molecule has 0 aliphatic carbocycles. The number of hydrogen-bond donors (Lipinski definition) is 1. The number of anilines is 1. The second-order valence-electron chi connectivity index (χ2n) is 8.24. The van der Waals surface area contributed by atoms with Crippen molar-refractivity contribution in [3.8, 4) is 10.6 Å². The van der Waals surface area contributed by atoms with Gasteiger partial charge in [0.2, 0.25) is 0 Å². The van der Waals surface area contributed by atoms with Crippen LogP contribution in [-0.2, 0) is 4.74 Å². The summed E-state index contributed by atoms with van der Waals surface area (Å²) in [6.45, 7) is 0.830. The van der Waals surface area contributed by atoms with Gasteiger partial charge < -0.3 is 19.2 Å². The van der Waals surface area contributed by atoms with E-state index < -0.39 is 18.4 Å². The van der Waals surface area contributed by atoms with Gasteiger partial charge in [0.25, 0.3) is 6.01 Å². The smallest absolute Gasteiger partial charge is 0.418 e. The van der Waals surface area contributed by atoms with Gasteiger partial charge in [-0.3, -0.25) is 4.90 Å². The van der Waals surface area contributed by atoms with Crippen molar-refractivity contribution >= 4 is 34.5 Å². The highest BCUT2D eigenvalue weighted by Gasteiger charge is 2.43. The van der Waals surface area contributed by atoms with E-state index in [-0.39, 0.29) is 29.2 Å². The first-order valence-electron chi connectivity index (χ1n) is 10.5. The van der Waals surface area contributed by atoms with Crippen LogP contribution in [-0.4, -0.2) is 64.5 Å². The Morgan fingerprint density at radius 2 is 2.03 bits per heavy atom. The number of methoxy groups -OCH3 is 1. The summed E-state index contributed by atoms with van der Waals surface area (Å²) in [5, 5.41) is 11.8. The van der Waals surface area contributed by atoms with Gasteiger partial charge in [-0.25, -0.2) is 9.78 Å². The third kappa shape index (κ3) is 3.90. The molecule has 3 atom stereocenters. The van der Waals surface area contributed by atoms with Crippen molar-refractivity contribution in [2.75, 3.05) is 25.1 Å². The molecule has 4 heterocycles. The van der Waals surface area contributed by atoms with Gasteiger partial charge in [-0.1, -0.05) is 0 Å². The molecule has 2 fully saturated rings. The molecule has 1 aromatic carbocycles. The van der Waals surface area contributed by atoms with Crippen LogP contribution in [0.1, 0.15) is 30.9 Å². The molecule has 3 aromatic rings. The summed E-state index contributed by atoms with van der Waals surface area (Å²) in [5.74, 6) is 0. The fourth-order valence-corrected chi connectivity index (χ4v) is 5.53. The maximum Gasteiger partial charge on any atom is 0.418 e. The first-order valence-corrected chi connectivity index (χ1v) is 11.3. The predicted octanol–water partition coefficient (Wildman–Crippen LogP) is 4.92. The molecule has 1 amide bonds. The molecule has 12 heteroatoms. The number of hydrogen-bond acceptors (Lipinski definition) is 7. The maximum absolute atomic E-state index is 13.6. The van der Waals surface area contributed by atoms with Gasteiger partial charge in [-0.15, -0.1) is 11.3 Å². The van der Waals surface area contributed by atoms with Gasteiger partial charge >= 0.3 is 12.3 Å². The molecular formula is C21H21F3N4O4S. The van der Waals surface area contributed by atoms with Crippen LogP contribution in [0, 0.1) is 0 Å². The summed E-state index contributed by atoms with van der Waals surface area (Å²) < 4.78 is 51.5. The van der Waals surface area contributed by atoms with Crippen molar-refractivity contribution in [1.29, 1.82) is 0 Å². The normalized spacial score (nSPS) is 22.1. The number of benzene rings is 1. The molecular weight excluding hydrogens is 461 g/mol. The summed E-state index contributed by atoms with van der Waals surface area (Å²) in [4.78, 5) is 23.8. The van der Waals surface area contributed by atoms with Crippen LogP contribution in [0.25, 0.3) is 21.7 Å². The van der Waals surface area contributed by atoms with Crippen LogP contribution in [0.2, 0.25) is 0 Å². The lowest BCUT2D eigenvalue weighted by atomic mass is 9.92. The highest BCUT2D eigenvalue weighted by molar-refractivity contribution is 7.13. The number of rotatable bonds is 4. The number of piperazine rings is 1. The van der Waals surface area contributed by atoms with Crippen LogP contribution < -0.4 is 4.90 Å². The average molecular weight is 482 g/mol. The van der Waals surface area contributed by atoms with Crippen molar-refractivity contribution < 1.29 is 32.2 Å². The zero-order valence-corrected chi connectivity index (χ0v) is 18.4. The quantitative estimate of drug-likeness (QED) is 0.564.